The van der Waals surface area contributed by atoms with Crippen LogP contribution in [0, 0.1) is 6.92 Å². The molecule has 2 heterocycles. The molecule has 0 spiro atoms. The number of aryl methyl sites for hydroxylation is 1. The first-order valence-corrected chi connectivity index (χ1v) is 5.82. The van der Waals surface area contributed by atoms with Gasteiger partial charge in [0.05, 0.1) is 17.2 Å². The Kier molecular flexibility index (Phi) is 3.21. The molecule has 0 fully saturated rings. The number of nitrogens with two attached hydrogens (primary N) is 1. The van der Waals surface area contributed by atoms with Gasteiger partial charge in [-0.05, 0) is 17.9 Å². The molecule has 16 heavy (non-hydrogen) atoms. The summed E-state index contributed by atoms with van der Waals surface area (Å²) in [5.74, 6) is 0.813. The van der Waals surface area contributed by atoms with Gasteiger partial charge in [0.25, 0.3) is 0 Å². The van der Waals surface area contributed by atoms with Gasteiger partial charge in [0.2, 0.25) is 0 Å². The Morgan fingerprint density at radius 3 is 3.00 bits per heavy atom. The molecule has 0 saturated carbocycles. The molecule has 2 aromatic rings. The molecule has 0 radical (unpaired) electrons. The molecular formula is C10H14N4OS. The van der Waals surface area contributed by atoms with Crippen molar-refractivity contribution in [1.29, 1.82) is 0 Å². The van der Waals surface area contributed by atoms with E-state index in [4.69, 9.17) is 10.5 Å². The van der Waals surface area contributed by atoms with Crippen molar-refractivity contribution in [3.05, 3.63) is 17.3 Å². The highest BCUT2D eigenvalue weighted by Gasteiger charge is 2.13. The van der Waals surface area contributed by atoms with Crippen LogP contribution in [0.25, 0.3) is 10.7 Å². The lowest BCUT2D eigenvalue weighted by Gasteiger charge is -2.04. The number of nitrogens with zero attached hydrogens (tertiary/aromatic N) is 3. The fourth-order valence-corrected chi connectivity index (χ4v) is 2.38. The number of methoxy groups -OCH3 is 1. The summed E-state index contributed by atoms with van der Waals surface area (Å²) in [6, 6.07) is 0. The van der Waals surface area contributed by atoms with Gasteiger partial charge >= 0.3 is 0 Å². The van der Waals surface area contributed by atoms with Gasteiger partial charge in [-0.1, -0.05) is 0 Å². The molecule has 86 valence electrons. The van der Waals surface area contributed by atoms with Crippen molar-refractivity contribution in [3.63, 3.8) is 0 Å². The minimum Gasteiger partial charge on any atom is -0.397 e. The highest BCUT2D eigenvalue weighted by molar-refractivity contribution is 7.14. The minimum atomic E-state index is 0.634. The maximum atomic E-state index is 5.99. The Labute approximate surface area is 97.9 Å². The summed E-state index contributed by atoms with van der Waals surface area (Å²) in [5.41, 5.74) is 7.86. The van der Waals surface area contributed by atoms with Crippen LogP contribution in [0.5, 0.6) is 0 Å². The van der Waals surface area contributed by atoms with E-state index in [2.05, 4.69) is 10.2 Å². The molecule has 0 aliphatic carbocycles. The van der Waals surface area contributed by atoms with Gasteiger partial charge in [-0.2, -0.15) is 0 Å². The highest BCUT2D eigenvalue weighted by Crippen LogP contribution is 2.33. The summed E-state index contributed by atoms with van der Waals surface area (Å²) in [6.07, 6.45) is 1.70. The Hall–Kier alpha value is -1.40. The van der Waals surface area contributed by atoms with Crippen LogP contribution >= 0.6 is 11.3 Å². The van der Waals surface area contributed by atoms with E-state index >= 15 is 0 Å². The standard InChI is InChI=1S/C10H14N4OS/c1-7-5-16-9(8(7)11)10-13-12-6-14(10)3-4-15-2/h5-6H,3-4,11H2,1-2H3. The number of thiophene rings is 1. The second-order valence-corrected chi connectivity index (χ2v) is 4.38. The predicted octanol–water partition coefficient (Wildman–Crippen LogP) is 1.54. The van der Waals surface area contributed by atoms with E-state index in [-0.39, 0.29) is 0 Å². The van der Waals surface area contributed by atoms with E-state index in [0.29, 0.717) is 6.61 Å². The summed E-state index contributed by atoms with van der Waals surface area (Å²) in [7, 11) is 1.67. The second kappa shape index (κ2) is 4.63. The number of nitrogen functional groups attached to an aromatic ring is 1. The summed E-state index contributed by atoms with van der Waals surface area (Å²) in [6.45, 7) is 3.36. The lowest BCUT2D eigenvalue weighted by atomic mass is 10.3. The zero-order chi connectivity index (χ0) is 11.5. The molecule has 0 bridgehead atoms. The first kappa shape index (κ1) is 11.1. The molecule has 5 nitrogen and oxygen atoms in total. The van der Waals surface area contributed by atoms with Crippen molar-refractivity contribution in [2.24, 2.45) is 0 Å². The van der Waals surface area contributed by atoms with Crippen molar-refractivity contribution in [1.82, 2.24) is 14.8 Å². The van der Waals surface area contributed by atoms with E-state index < -0.39 is 0 Å². The average Bonchev–Trinajstić information content (AvgIpc) is 2.85. The first-order chi connectivity index (χ1) is 7.74. The average molecular weight is 238 g/mol. The summed E-state index contributed by atoms with van der Waals surface area (Å²) < 4.78 is 6.99. The third-order valence-corrected chi connectivity index (χ3v) is 3.49. The smallest absolute Gasteiger partial charge is 0.176 e. The van der Waals surface area contributed by atoms with Gasteiger partial charge in [-0.25, -0.2) is 0 Å². The maximum absolute atomic E-state index is 5.99. The highest BCUT2D eigenvalue weighted by atomic mass is 32.1. The Morgan fingerprint density at radius 1 is 1.56 bits per heavy atom. The lowest BCUT2D eigenvalue weighted by molar-refractivity contribution is 0.187. The molecular weight excluding hydrogens is 224 g/mol. The monoisotopic (exact) mass is 238 g/mol. The molecule has 0 aliphatic heterocycles. The Bertz CT molecular complexity index is 477. The van der Waals surface area contributed by atoms with Gasteiger partial charge in [0.1, 0.15) is 6.33 Å². The van der Waals surface area contributed by atoms with E-state index in [0.717, 1.165) is 28.5 Å². The molecule has 0 aromatic carbocycles. The van der Waals surface area contributed by atoms with Crippen LogP contribution in [-0.4, -0.2) is 28.5 Å². The summed E-state index contributed by atoms with van der Waals surface area (Å²) in [4.78, 5) is 0.978. The van der Waals surface area contributed by atoms with Gasteiger partial charge in [0.15, 0.2) is 5.82 Å². The topological polar surface area (TPSA) is 66.0 Å². The van der Waals surface area contributed by atoms with E-state index in [1.54, 1.807) is 24.8 Å². The molecule has 0 atom stereocenters. The van der Waals surface area contributed by atoms with Crippen LogP contribution in [0.1, 0.15) is 5.56 Å². The van der Waals surface area contributed by atoms with Crippen molar-refractivity contribution >= 4 is 17.0 Å². The quantitative estimate of drug-likeness (QED) is 0.877. The van der Waals surface area contributed by atoms with Gasteiger partial charge in [0, 0.05) is 13.7 Å². The number of anilines is 1. The normalized spacial score (nSPS) is 10.9. The van der Waals surface area contributed by atoms with Crippen LogP contribution in [-0.2, 0) is 11.3 Å². The maximum Gasteiger partial charge on any atom is 0.176 e. The summed E-state index contributed by atoms with van der Waals surface area (Å²) >= 11 is 1.59. The Balaban J connectivity index is 2.33. The van der Waals surface area contributed by atoms with E-state index in [9.17, 15) is 0 Å². The van der Waals surface area contributed by atoms with Gasteiger partial charge in [-0.3, -0.25) is 0 Å². The SMILES string of the molecule is COCCn1cnnc1-c1scc(C)c1N. The Morgan fingerprint density at radius 2 is 2.38 bits per heavy atom. The number of aromatic nitrogens is 3. The van der Waals surface area contributed by atoms with E-state index in [1.807, 2.05) is 16.9 Å². The van der Waals surface area contributed by atoms with Crippen molar-refractivity contribution in [2.75, 3.05) is 19.5 Å². The molecule has 2 rings (SSSR count). The number of hydrogen-bond donors (Lipinski definition) is 1. The lowest BCUT2D eigenvalue weighted by Crippen LogP contribution is -2.05. The van der Waals surface area contributed by atoms with Gasteiger partial charge < -0.3 is 15.0 Å². The fourth-order valence-electron chi connectivity index (χ4n) is 1.41. The molecule has 2 N–H and O–H groups in total. The number of ether oxygens (including phenoxy) is 1. The third kappa shape index (κ3) is 1.94. The molecule has 0 unspecified atom stereocenters. The summed E-state index contributed by atoms with van der Waals surface area (Å²) in [5, 5.41) is 10.0. The third-order valence-electron chi connectivity index (χ3n) is 2.38. The zero-order valence-electron chi connectivity index (χ0n) is 9.30. The second-order valence-electron chi connectivity index (χ2n) is 3.50. The number of hydrogen-bond acceptors (Lipinski definition) is 5. The molecule has 2 aromatic heterocycles. The van der Waals surface area contributed by atoms with Crippen LogP contribution < -0.4 is 5.73 Å². The molecule has 0 saturated heterocycles. The van der Waals surface area contributed by atoms with Crippen molar-refractivity contribution in [2.45, 2.75) is 13.5 Å². The number of rotatable bonds is 4. The zero-order valence-corrected chi connectivity index (χ0v) is 10.1. The van der Waals surface area contributed by atoms with Crippen molar-refractivity contribution in [3.8, 4) is 10.7 Å². The van der Waals surface area contributed by atoms with E-state index in [1.165, 1.54) is 0 Å². The van der Waals surface area contributed by atoms with Gasteiger partial charge in [-0.15, -0.1) is 21.5 Å². The van der Waals surface area contributed by atoms with Crippen LogP contribution in [0.2, 0.25) is 0 Å². The van der Waals surface area contributed by atoms with Crippen LogP contribution in [0.4, 0.5) is 5.69 Å². The molecule has 0 amide bonds. The minimum absolute atomic E-state index is 0.634. The molecule has 6 heteroatoms. The fraction of sp³-hybridized carbons (Fsp3) is 0.400. The predicted molar refractivity (Wildman–Crippen MR) is 64.4 cm³/mol. The first-order valence-electron chi connectivity index (χ1n) is 4.94. The van der Waals surface area contributed by atoms with Crippen molar-refractivity contribution < 1.29 is 4.74 Å². The van der Waals surface area contributed by atoms with Crippen LogP contribution in [0.15, 0.2) is 11.7 Å². The van der Waals surface area contributed by atoms with Crippen LogP contribution in [0.3, 0.4) is 0 Å². The molecule has 0 aliphatic rings. The largest absolute Gasteiger partial charge is 0.397 e.